The molecule has 3 rings (SSSR count). The molecule has 2 aromatic rings. The Bertz CT molecular complexity index is 768. The Hall–Kier alpha value is -2.63. The summed E-state index contributed by atoms with van der Waals surface area (Å²) in [4.78, 5) is 26.1. The van der Waals surface area contributed by atoms with Crippen molar-refractivity contribution >= 4 is 11.8 Å². The maximum atomic E-state index is 12.5. The molecule has 0 bridgehead atoms. The van der Waals surface area contributed by atoms with E-state index >= 15 is 0 Å². The molecule has 1 aromatic carbocycles. The van der Waals surface area contributed by atoms with Gasteiger partial charge in [0, 0.05) is 38.3 Å². The van der Waals surface area contributed by atoms with Crippen molar-refractivity contribution in [2.24, 2.45) is 7.05 Å². The molecule has 1 fully saturated rings. The van der Waals surface area contributed by atoms with E-state index in [2.05, 4.69) is 16.5 Å². The molecule has 6 nitrogen and oxygen atoms in total. The van der Waals surface area contributed by atoms with Crippen molar-refractivity contribution in [2.75, 3.05) is 6.54 Å². The van der Waals surface area contributed by atoms with Crippen LogP contribution in [0.4, 0.5) is 0 Å². The topological polar surface area (TPSA) is 67.2 Å². The smallest absolute Gasteiger partial charge is 0.243 e. The number of hydrogen-bond acceptors (Lipinski definition) is 3. The van der Waals surface area contributed by atoms with Crippen molar-refractivity contribution in [3.63, 3.8) is 0 Å². The molecule has 25 heavy (non-hydrogen) atoms. The summed E-state index contributed by atoms with van der Waals surface area (Å²) in [6, 6.07) is 7.68. The summed E-state index contributed by atoms with van der Waals surface area (Å²) < 4.78 is 1.77. The second kappa shape index (κ2) is 7.51. The van der Waals surface area contributed by atoms with Gasteiger partial charge in [0.25, 0.3) is 0 Å². The van der Waals surface area contributed by atoms with E-state index in [0.717, 1.165) is 23.1 Å². The third-order valence-electron chi connectivity index (χ3n) is 4.61. The first-order chi connectivity index (χ1) is 12.1. The molecule has 1 saturated heterocycles. The van der Waals surface area contributed by atoms with Gasteiger partial charge < -0.3 is 10.2 Å². The fourth-order valence-corrected chi connectivity index (χ4v) is 3.28. The first kappa shape index (κ1) is 17.2. The van der Waals surface area contributed by atoms with E-state index < -0.39 is 0 Å². The highest BCUT2D eigenvalue weighted by Crippen LogP contribution is 2.20. The second-order valence-corrected chi connectivity index (χ2v) is 6.44. The molecule has 2 heterocycles. The van der Waals surface area contributed by atoms with E-state index in [-0.39, 0.29) is 17.9 Å². The van der Waals surface area contributed by atoms with E-state index in [1.807, 2.05) is 44.6 Å². The Morgan fingerprint density at radius 3 is 2.84 bits per heavy atom. The monoisotopic (exact) mass is 340 g/mol. The number of rotatable bonds is 6. The summed E-state index contributed by atoms with van der Waals surface area (Å²) in [6.45, 7) is 3.07. The van der Waals surface area contributed by atoms with Crippen LogP contribution in [-0.4, -0.2) is 39.1 Å². The summed E-state index contributed by atoms with van der Waals surface area (Å²) in [5.41, 5.74) is 3.14. The summed E-state index contributed by atoms with van der Waals surface area (Å²) >= 11 is 0. The Kier molecular flexibility index (Phi) is 5.16. The van der Waals surface area contributed by atoms with Gasteiger partial charge in [-0.2, -0.15) is 5.10 Å². The van der Waals surface area contributed by atoms with E-state index in [4.69, 9.17) is 0 Å². The Morgan fingerprint density at radius 2 is 2.20 bits per heavy atom. The van der Waals surface area contributed by atoms with Gasteiger partial charge in [-0.15, -0.1) is 0 Å². The lowest BCUT2D eigenvalue weighted by atomic mass is 10.1. The maximum Gasteiger partial charge on any atom is 0.243 e. The number of nitrogens with one attached hydrogen (secondary N) is 1. The SMILES string of the molecule is CC[C@H](C(=O)NCc1cccc(-c2cnn(C)c2)c1)N1CCCC1=O. The summed E-state index contributed by atoms with van der Waals surface area (Å²) in [6.07, 6.45) is 5.81. The molecule has 1 atom stereocenters. The van der Waals surface area contributed by atoms with Crippen molar-refractivity contribution in [2.45, 2.75) is 38.8 Å². The summed E-state index contributed by atoms with van der Waals surface area (Å²) in [5.74, 6) is 0.00473. The first-order valence-corrected chi connectivity index (χ1v) is 8.73. The molecule has 1 aliphatic rings. The number of benzene rings is 1. The highest BCUT2D eigenvalue weighted by molar-refractivity contribution is 5.88. The van der Waals surface area contributed by atoms with Crippen LogP contribution < -0.4 is 5.32 Å². The van der Waals surface area contributed by atoms with Crippen molar-refractivity contribution in [3.05, 3.63) is 42.2 Å². The van der Waals surface area contributed by atoms with Crippen LogP contribution in [0.5, 0.6) is 0 Å². The summed E-state index contributed by atoms with van der Waals surface area (Å²) in [5, 5.41) is 7.17. The van der Waals surface area contributed by atoms with Crippen molar-refractivity contribution in [1.82, 2.24) is 20.0 Å². The molecule has 1 aromatic heterocycles. The molecule has 1 N–H and O–H groups in total. The fourth-order valence-electron chi connectivity index (χ4n) is 3.28. The van der Waals surface area contributed by atoms with Crippen LogP contribution in [0.1, 0.15) is 31.7 Å². The summed E-state index contributed by atoms with van der Waals surface area (Å²) in [7, 11) is 1.89. The lowest BCUT2D eigenvalue weighted by molar-refractivity contribution is -0.137. The maximum absolute atomic E-state index is 12.5. The third-order valence-corrected chi connectivity index (χ3v) is 4.61. The molecule has 0 spiro atoms. The highest BCUT2D eigenvalue weighted by atomic mass is 16.2. The number of aromatic nitrogens is 2. The van der Waals surface area contributed by atoms with Crippen LogP contribution in [-0.2, 0) is 23.2 Å². The number of aryl methyl sites for hydroxylation is 1. The zero-order chi connectivity index (χ0) is 17.8. The second-order valence-electron chi connectivity index (χ2n) is 6.44. The van der Waals surface area contributed by atoms with Gasteiger partial charge >= 0.3 is 0 Å². The molecule has 2 amide bonds. The first-order valence-electron chi connectivity index (χ1n) is 8.73. The predicted molar refractivity (Wildman–Crippen MR) is 95.5 cm³/mol. The molecular formula is C19H24N4O2. The van der Waals surface area contributed by atoms with Gasteiger partial charge in [-0.1, -0.05) is 25.1 Å². The number of amides is 2. The number of carbonyl (C=O) groups is 2. The van der Waals surface area contributed by atoms with Crippen molar-refractivity contribution in [1.29, 1.82) is 0 Å². The van der Waals surface area contributed by atoms with E-state index in [0.29, 0.717) is 25.9 Å². The minimum absolute atomic E-state index is 0.0791. The average molecular weight is 340 g/mol. The van der Waals surface area contributed by atoms with Gasteiger partial charge in [0.15, 0.2) is 0 Å². The zero-order valence-electron chi connectivity index (χ0n) is 14.7. The van der Waals surface area contributed by atoms with E-state index in [1.54, 1.807) is 9.58 Å². The van der Waals surface area contributed by atoms with E-state index in [9.17, 15) is 9.59 Å². The molecule has 0 unspecified atom stereocenters. The molecule has 132 valence electrons. The highest BCUT2D eigenvalue weighted by Gasteiger charge is 2.31. The van der Waals surface area contributed by atoms with Crippen molar-refractivity contribution < 1.29 is 9.59 Å². The van der Waals surface area contributed by atoms with E-state index in [1.165, 1.54) is 0 Å². The van der Waals surface area contributed by atoms with Crippen LogP contribution in [0.15, 0.2) is 36.7 Å². The molecule has 0 radical (unpaired) electrons. The Labute approximate surface area is 147 Å². The number of carbonyl (C=O) groups excluding carboxylic acids is 2. The average Bonchev–Trinajstić information content (AvgIpc) is 3.23. The normalized spacial score (nSPS) is 15.4. The minimum atomic E-state index is -0.364. The van der Waals surface area contributed by atoms with Gasteiger partial charge in [0.05, 0.1) is 6.20 Å². The molecule has 0 saturated carbocycles. The Morgan fingerprint density at radius 1 is 1.36 bits per heavy atom. The zero-order valence-corrected chi connectivity index (χ0v) is 14.7. The number of hydrogen-bond donors (Lipinski definition) is 1. The fraction of sp³-hybridized carbons (Fsp3) is 0.421. The minimum Gasteiger partial charge on any atom is -0.350 e. The van der Waals surface area contributed by atoms with Crippen molar-refractivity contribution in [3.8, 4) is 11.1 Å². The standard InChI is InChI=1S/C19H24N4O2/c1-3-17(23-9-5-8-18(23)24)19(25)20-11-14-6-4-7-15(10-14)16-12-21-22(2)13-16/h4,6-7,10,12-13,17H,3,5,8-9,11H2,1-2H3,(H,20,25)/t17-/m1/s1. The van der Waals surface area contributed by atoms with Crippen LogP contribution in [0.25, 0.3) is 11.1 Å². The quantitative estimate of drug-likeness (QED) is 0.876. The largest absolute Gasteiger partial charge is 0.350 e. The molecular weight excluding hydrogens is 316 g/mol. The predicted octanol–water partition coefficient (Wildman–Crippen LogP) is 2.10. The lowest BCUT2D eigenvalue weighted by Crippen LogP contribution is -2.46. The van der Waals surface area contributed by atoms with Crippen LogP contribution in [0, 0.1) is 0 Å². The Balaban J connectivity index is 1.64. The molecule has 0 aliphatic carbocycles. The van der Waals surface area contributed by atoms with Crippen LogP contribution in [0.3, 0.4) is 0 Å². The number of nitrogens with zero attached hydrogens (tertiary/aromatic N) is 3. The van der Waals surface area contributed by atoms with Crippen LogP contribution in [0.2, 0.25) is 0 Å². The van der Waals surface area contributed by atoms with Crippen LogP contribution >= 0.6 is 0 Å². The van der Waals surface area contributed by atoms with Gasteiger partial charge in [-0.05, 0) is 30.0 Å². The number of likely N-dealkylation sites (tertiary alicyclic amines) is 1. The lowest BCUT2D eigenvalue weighted by Gasteiger charge is -2.25. The van der Waals surface area contributed by atoms with Gasteiger partial charge in [0.1, 0.15) is 6.04 Å². The van der Waals surface area contributed by atoms with Gasteiger partial charge in [-0.25, -0.2) is 0 Å². The van der Waals surface area contributed by atoms with Gasteiger partial charge in [0.2, 0.25) is 11.8 Å². The molecule has 1 aliphatic heterocycles. The molecule has 6 heteroatoms. The third kappa shape index (κ3) is 3.90. The van der Waals surface area contributed by atoms with Gasteiger partial charge in [-0.3, -0.25) is 14.3 Å².